The van der Waals surface area contributed by atoms with E-state index in [1.807, 2.05) is 26.2 Å². The molecule has 1 aromatic rings. The van der Waals surface area contributed by atoms with Gasteiger partial charge in [-0.1, -0.05) is 0 Å². The fraction of sp³-hybridized carbons (Fsp3) is 0.692. The number of hydrogen-bond acceptors (Lipinski definition) is 6. The third-order valence-corrected chi connectivity index (χ3v) is 6.53. The van der Waals surface area contributed by atoms with Crippen molar-refractivity contribution in [2.24, 2.45) is 0 Å². The van der Waals surface area contributed by atoms with Crippen LogP contribution in [-0.2, 0) is 13.3 Å². The lowest BCUT2D eigenvalue weighted by atomic mass is 10.5. The molecule has 7 nitrogen and oxygen atoms in total. The zero-order chi connectivity index (χ0) is 16.3. The average Bonchev–Trinajstić information content (AvgIpc) is 2.97. The fourth-order valence-corrected chi connectivity index (χ4v) is 5.07. The van der Waals surface area contributed by atoms with E-state index in [4.69, 9.17) is 13.3 Å². The molecule has 1 rings (SSSR count). The second-order valence-electron chi connectivity index (χ2n) is 4.30. The van der Waals surface area contributed by atoms with Gasteiger partial charge in [-0.15, -0.1) is 11.3 Å². The predicted molar refractivity (Wildman–Crippen MR) is 89.2 cm³/mol. The number of aromatic nitrogens is 1. The molecule has 0 saturated carbocycles. The van der Waals surface area contributed by atoms with Gasteiger partial charge in [0, 0.05) is 44.0 Å². The Morgan fingerprint density at radius 2 is 1.86 bits per heavy atom. The highest BCUT2D eigenvalue weighted by Crippen LogP contribution is 2.17. The number of carbonyl (C=O) groups is 1. The second kappa shape index (κ2) is 10.7. The third-order valence-electron chi connectivity index (χ3n) is 2.69. The molecule has 0 aliphatic heterocycles. The van der Waals surface area contributed by atoms with Gasteiger partial charge in [-0.3, -0.25) is 5.32 Å². The van der Waals surface area contributed by atoms with Crippen molar-refractivity contribution in [3.05, 3.63) is 11.6 Å². The lowest BCUT2D eigenvalue weighted by molar-refractivity contribution is 0.0708. The van der Waals surface area contributed by atoms with E-state index in [1.165, 1.54) is 11.3 Å². The van der Waals surface area contributed by atoms with Crippen LogP contribution in [-0.4, -0.2) is 46.2 Å². The van der Waals surface area contributed by atoms with E-state index in [-0.39, 0.29) is 6.03 Å². The Balaban J connectivity index is 2.33. The van der Waals surface area contributed by atoms with Gasteiger partial charge < -0.3 is 18.6 Å². The Morgan fingerprint density at radius 3 is 2.36 bits per heavy atom. The summed E-state index contributed by atoms with van der Waals surface area (Å²) in [6, 6.07) is 0.423. The first-order valence-corrected chi connectivity index (χ1v) is 10.3. The Labute approximate surface area is 136 Å². The number of rotatable bonds is 11. The summed E-state index contributed by atoms with van der Waals surface area (Å²) in [5.74, 6) is 0. The standard InChI is InChI=1S/C13H25N3O4SSi/c1-4-18-22(19-5-2,20-6-3)11-7-8-14-12(17)16-13-15-9-10-21-13/h9-10H,4-8,11H2,1-3H3,(H2,14,15,16,17). The highest BCUT2D eigenvalue weighted by atomic mass is 32.1. The normalized spacial score (nSPS) is 11.4. The molecule has 0 radical (unpaired) electrons. The Kier molecular flexibility index (Phi) is 9.24. The van der Waals surface area contributed by atoms with Crippen LogP contribution in [0.15, 0.2) is 11.6 Å². The smallest absolute Gasteiger partial charge is 0.374 e. The molecule has 2 amide bonds. The van der Waals surface area contributed by atoms with Crippen molar-refractivity contribution in [2.75, 3.05) is 31.7 Å². The van der Waals surface area contributed by atoms with Crippen LogP contribution in [0.2, 0.25) is 6.04 Å². The van der Waals surface area contributed by atoms with E-state index in [1.54, 1.807) is 6.20 Å². The van der Waals surface area contributed by atoms with Gasteiger partial charge in [-0.25, -0.2) is 9.78 Å². The van der Waals surface area contributed by atoms with Crippen molar-refractivity contribution in [2.45, 2.75) is 33.2 Å². The Bertz CT molecular complexity index is 402. The molecule has 0 atom stereocenters. The summed E-state index contributed by atoms with van der Waals surface area (Å²) in [6.45, 7) is 8.00. The molecule has 126 valence electrons. The van der Waals surface area contributed by atoms with E-state index in [0.717, 1.165) is 6.42 Å². The van der Waals surface area contributed by atoms with Crippen molar-refractivity contribution >= 4 is 31.3 Å². The van der Waals surface area contributed by atoms with E-state index >= 15 is 0 Å². The van der Waals surface area contributed by atoms with Gasteiger partial charge in [0.15, 0.2) is 5.13 Å². The van der Waals surface area contributed by atoms with Crippen LogP contribution in [0.3, 0.4) is 0 Å². The van der Waals surface area contributed by atoms with Crippen LogP contribution >= 0.6 is 11.3 Å². The van der Waals surface area contributed by atoms with Gasteiger partial charge >= 0.3 is 14.8 Å². The summed E-state index contributed by atoms with van der Waals surface area (Å²) in [6.07, 6.45) is 2.38. The number of nitrogens with zero attached hydrogens (tertiary/aromatic N) is 1. The molecule has 9 heteroatoms. The zero-order valence-corrected chi connectivity index (χ0v) is 15.2. The van der Waals surface area contributed by atoms with Gasteiger partial charge in [0.1, 0.15) is 0 Å². The van der Waals surface area contributed by atoms with Crippen LogP contribution in [0, 0.1) is 0 Å². The van der Waals surface area contributed by atoms with Crippen molar-refractivity contribution in [1.29, 1.82) is 0 Å². The first-order valence-electron chi connectivity index (χ1n) is 7.52. The molecule has 1 heterocycles. The van der Waals surface area contributed by atoms with Crippen LogP contribution in [0.25, 0.3) is 0 Å². The van der Waals surface area contributed by atoms with Crippen molar-refractivity contribution in [1.82, 2.24) is 10.3 Å². The third kappa shape index (κ3) is 6.84. The maximum atomic E-state index is 11.7. The van der Waals surface area contributed by atoms with Gasteiger partial charge in [-0.05, 0) is 27.2 Å². The number of carbonyl (C=O) groups excluding carboxylic acids is 1. The topological polar surface area (TPSA) is 81.7 Å². The fourth-order valence-electron chi connectivity index (χ4n) is 1.93. The van der Waals surface area contributed by atoms with Crippen LogP contribution in [0.5, 0.6) is 0 Å². The summed E-state index contributed by atoms with van der Waals surface area (Å²) in [5, 5.41) is 7.85. The number of hydrogen-bond donors (Lipinski definition) is 2. The van der Waals surface area contributed by atoms with E-state index in [0.29, 0.717) is 37.5 Å². The van der Waals surface area contributed by atoms with Gasteiger partial charge in [-0.2, -0.15) is 0 Å². The van der Waals surface area contributed by atoms with E-state index in [2.05, 4.69) is 15.6 Å². The molecule has 22 heavy (non-hydrogen) atoms. The molecular weight excluding hydrogens is 322 g/mol. The minimum atomic E-state index is -2.61. The van der Waals surface area contributed by atoms with Crippen molar-refractivity contribution < 1.29 is 18.1 Å². The molecule has 1 aromatic heterocycles. The van der Waals surface area contributed by atoms with Gasteiger partial charge in [0.05, 0.1) is 0 Å². The van der Waals surface area contributed by atoms with E-state index < -0.39 is 8.80 Å². The Hall–Kier alpha value is -1.00. The lowest BCUT2D eigenvalue weighted by Crippen LogP contribution is -2.46. The van der Waals surface area contributed by atoms with Gasteiger partial charge in [0.25, 0.3) is 0 Å². The van der Waals surface area contributed by atoms with Crippen molar-refractivity contribution in [3.8, 4) is 0 Å². The maximum Gasteiger partial charge on any atom is 0.500 e. The summed E-state index contributed by atoms with van der Waals surface area (Å²) in [4.78, 5) is 15.7. The summed E-state index contributed by atoms with van der Waals surface area (Å²) < 4.78 is 17.3. The monoisotopic (exact) mass is 347 g/mol. The summed E-state index contributed by atoms with van der Waals surface area (Å²) >= 11 is 1.38. The number of thiazole rings is 1. The molecular formula is C13H25N3O4SSi. The molecule has 0 aromatic carbocycles. The summed E-state index contributed by atoms with van der Waals surface area (Å²) in [7, 11) is -2.61. The maximum absolute atomic E-state index is 11.7. The quantitative estimate of drug-likeness (QED) is 0.475. The van der Waals surface area contributed by atoms with Crippen LogP contribution in [0.1, 0.15) is 27.2 Å². The van der Waals surface area contributed by atoms with Crippen molar-refractivity contribution in [3.63, 3.8) is 0 Å². The summed E-state index contributed by atoms with van der Waals surface area (Å²) in [5.41, 5.74) is 0. The molecule has 0 spiro atoms. The number of amides is 2. The first-order chi connectivity index (χ1) is 10.7. The lowest BCUT2D eigenvalue weighted by Gasteiger charge is -2.28. The number of nitrogens with one attached hydrogen (secondary N) is 2. The minimum Gasteiger partial charge on any atom is -0.374 e. The second-order valence-corrected chi connectivity index (χ2v) is 7.93. The molecule has 0 saturated heterocycles. The highest BCUT2D eigenvalue weighted by Gasteiger charge is 2.39. The average molecular weight is 348 g/mol. The minimum absolute atomic E-state index is 0.258. The molecule has 0 bridgehead atoms. The molecule has 2 N–H and O–H groups in total. The molecule has 0 aliphatic carbocycles. The molecule has 0 unspecified atom stereocenters. The molecule has 0 aliphatic rings. The Morgan fingerprint density at radius 1 is 1.23 bits per heavy atom. The highest BCUT2D eigenvalue weighted by molar-refractivity contribution is 7.13. The SMILES string of the molecule is CCO[Si](CCCNC(=O)Nc1nccs1)(OCC)OCC. The predicted octanol–water partition coefficient (Wildman–Crippen LogP) is 2.70. The zero-order valence-electron chi connectivity index (χ0n) is 13.4. The molecule has 0 fully saturated rings. The van der Waals surface area contributed by atoms with Crippen LogP contribution in [0.4, 0.5) is 9.93 Å². The largest absolute Gasteiger partial charge is 0.500 e. The first kappa shape index (κ1) is 19.0. The number of anilines is 1. The van der Waals surface area contributed by atoms with E-state index in [9.17, 15) is 4.79 Å². The van der Waals surface area contributed by atoms with Gasteiger partial charge in [0.2, 0.25) is 0 Å². The number of urea groups is 1. The van der Waals surface area contributed by atoms with Crippen LogP contribution < -0.4 is 10.6 Å².